The maximum absolute atomic E-state index is 13.8. The Kier molecular flexibility index (Phi) is 4.33. The predicted octanol–water partition coefficient (Wildman–Crippen LogP) is 3.40. The second kappa shape index (κ2) is 6.01. The van der Waals surface area contributed by atoms with Crippen molar-refractivity contribution in [3.05, 3.63) is 58.4 Å². The van der Waals surface area contributed by atoms with Gasteiger partial charge in [0.25, 0.3) is 0 Å². The summed E-state index contributed by atoms with van der Waals surface area (Å²) in [7, 11) is 1.75. The van der Waals surface area contributed by atoms with E-state index >= 15 is 0 Å². The Morgan fingerprint density at radius 3 is 2.52 bits per heavy atom. The van der Waals surface area contributed by atoms with Crippen LogP contribution in [-0.2, 0) is 6.54 Å². The van der Waals surface area contributed by atoms with Gasteiger partial charge in [-0.15, -0.1) is 0 Å². The predicted molar refractivity (Wildman–Crippen MR) is 81.3 cm³/mol. The maximum atomic E-state index is 13.8. The molecule has 0 unspecified atom stereocenters. The number of aromatic carboxylic acids is 1. The van der Waals surface area contributed by atoms with Gasteiger partial charge in [0.1, 0.15) is 5.82 Å². The quantitative estimate of drug-likeness (QED) is 0.850. The van der Waals surface area contributed by atoms with Gasteiger partial charge < -0.3 is 15.7 Å². The van der Waals surface area contributed by atoms with E-state index in [4.69, 9.17) is 22.4 Å². The van der Waals surface area contributed by atoms with Gasteiger partial charge in [-0.05, 0) is 23.8 Å². The van der Waals surface area contributed by atoms with Crippen LogP contribution in [0.25, 0.3) is 0 Å². The number of carbonyl (C=O) groups is 1. The molecule has 2 aromatic rings. The first-order valence-electron chi connectivity index (χ1n) is 6.16. The average molecular weight is 309 g/mol. The lowest BCUT2D eigenvalue weighted by molar-refractivity contribution is 0.0692. The highest BCUT2D eigenvalue weighted by Crippen LogP contribution is 2.27. The second-order valence-electron chi connectivity index (χ2n) is 4.68. The molecule has 2 aromatic carbocycles. The number of carboxylic acid groups (broad SMARTS) is 1. The van der Waals surface area contributed by atoms with E-state index in [0.29, 0.717) is 17.3 Å². The molecule has 0 saturated carbocycles. The first-order valence-corrected chi connectivity index (χ1v) is 6.54. The van der Waals surface area contributed by atoms with Crippen LogP contribution in [0.3, 0.4) is 0 Å². The first-order chi connectivity index (χ1) is 9.88. The van der Waals surface area contributed by atoms with Crippen LogP contribution < -0.4 is 10.6 Å². The van der Waals surface area contributed by atoms with Crippen LogP contribution in [-0.4, -0.2) is 18.1 Å². The van der Waals surface area contributed by atoms with E-state index in [9.17, 15) is 9.18 Å². The monoisotopic (exact) mass is 308 g/mol. The number of anilines is 2. The van der Waals surface area contributed by atoms with Gasteiger partial charge in [0.2, 0.25) is 0 Å². The summed E-state index contributed by atoms with van der Waals surface area (Å²) < 4.78 is 13.8. The van der Waals surface area contributed by atoms with Crippen molar-refractivity contribution in [1.82, 2.24) is 0 Å². The number of nitrogen functional groups attached to an aromatic ring is 1. The van der Waals surface area contributed by atoms with E-state index < -0.39 is 17.3 Å². The van der Waals surface area contributed by atoms with E-state index in [2.05, 4.69) is 0 Å². The molecule has 21 heavy (non-hydrogen) atoms. The molecule has 0 heterocycles. The van der Waals surface area contributed by atoms with Gasteiger partial charge in [-0.2, -0.15) is 0 Å². The summed E-state index contributed by atoms with van der Waals surface area (Å²) in [5, 5.41) is 9.50. The summed E-state index contributed by atoms with van der Waals surface area (Å²) in [4.78, 5) is 12.6. The van der Waals surface area contributed by atoms with Crippen LogP contribution in [0.1, 0.15) is 15.9 Å². The maximum Gasteiger partial charge on any atom is 0.338 e. The minimum absolute atomic E-state index is 0.213. The Labute approximate surface area is 126 Å². The van der Waals surface area contributed by atoms with Crippen LogP contribution >= 0.6 is 11.6 Å². The van der Waals surface area contributed by atoms with Gasteiger partial charge in [0, 0.05) is 24.7 Å². The molecule has 6 heteroatoms. The molecular weight excluding hydrogens is 295 g/mol. The summed E-state index contributed by atoms with van der Waals surface area (Å²) in [6.45, 7) is 0.493. The number of benzene rings is 2. The van der Waals surface area contributed by atoms with Crippen molar-refractivity contribution < 1.29 is 14.3 Å². The van der Waals surface area contributed by atoms with E-state index in [1.54, 1.807) is 24.1 Å². The van der Waals surface area contributed by atoms with Gasteiger partial charge in [-0.25, -0.2) is 9.18 Å². The molecule has 0 aromatic heterocycles. The minimum Gasteiger partial charge on any atom is -0.478 e. The number of rotatable bonds is 4. The van der Waals surface area contributed by atoms with Crippen molar-refractivity contribution in [3.63, 3.8) is 0 Å². The normalized spacial score (nSPS) is 10.4. The summed E-state index contributed by atoms with van der Waals surface area (Å²) in [5.74, 6) is -2.15. The van der Waals surface area contributed by atoms with E-state index in [1.807, 2.05) is 12.1 Å². The van der Waals surface area contributed by atoms with E-state index in [1.165, 1.54) is 0 Å². The fraction of sp³-hybridized carbons (Fsp3) is 0.133. The summed E-state index contributed by atoms with van der Waals surface area (Å²) >= 11 is 5.82. The Hall–Kier alpha value is -2.27. The molecule has 0 radical (unpaired) electrons. The van der Waals surface area contributed by atoms with Gasteiger partial charge in [-0.3, -0.25) is 0 Å². The highest BCUT2D eigenvalue weighted by molar-refractivity contribution is 6.30. The van der Waals surface area contributed by atoms with Crippen LogP contribution in [0.4, 0.5) is 15.8 Å². The first kappa shape index (κ1) is 15.1. The van der Waals surface area contributed by atoms with E-state index in [-0.39, 0.29) is 5.69 Å². The molecule has 4 nitrogen and oxygen atoms in total. The van der Waals surface area contributed by atoms with Crippen LogP contribution in [0, 0.1) is 5.82 Å². The Morgan fingerprint density at radius 1 is 1.33 bits per heavy atom. The lowest BCUT2D eigenvalue weighted by Crippen LogP contribution is -2.18. The van der Waals surface area contributed by atoms with Crippen molar-refractivity contribution in [3.8, 4) is 0 Å². The standard InChI is InChI=1S/C15H14ClFN2O2/c1-19(8-9-2-4-10(16)5-3-9)14-7-12(17)11(15(20)21)6-13(14)18/h2-7H,8,18H2,1H3,(H,20,21). The molecule has 0 aliphatic heterocycles. The lowest BCUT2D eigenvalue weighted by Gasteiger charge is -2.21. The average Bonchev–Trinajstić information content (AvgIpc) is 2.43. The highest BCUT2D eigenvalue weighted by Gasteiger charge is 2.15. The molecule has 0 spiro atoms. The van der Waals surface area contributed by atoms with Crippen molar-refractivity contribution in [2.45, 2.75) is 6.54 Å². The molecule has 110 valence electrons. The number of nitrogens with two attached hydrogens (primary N) is 1. The van der Waals surface area contributed by atoms with Gasteiger partial charge in [0.15, 0.2) is 0 Å². The zero-order valence-corrected chi connectivity index (χ0v) is 12.1. The van der Waals surface area contributed by atoms with Gasteiger partial charge in [0.05, 0.1) is 16.9 Å². The smallest absolute Gasteiger partial charge is 0.338 e. The van der Waals surface area contributed by atoms with Crippen molar-refractivity contribution in [1.29, 1.82) is 0 Å². The molecule has 0 amide bonds. The van der Waals surface area contributed by atoms with Crippen molar-refractivity contribution in [2.24, 2.45) is 0 Å². The van der Waals surface area contributed by atoms with Crippen molar-refractivity contribution >= 4 is 28.9 Å². The summed E-state index contributed by atoms with van der Waals surface area (Å²) in [6.07, 6.45) is 0. The largest absolute Gasteiger partial charge is 0.478 e. The third kappa shape index (κ3) is 3.44. The SMILES string of the molecule is CN(Cc1ccc(Cl)cc1)c1cc(F)c(C(=O)O)cc1N. The molecule has 0 aliphatic carbocycles. The lowest BCUT2D eigenvalue weighted by atomic mass is 10.1. The minimum atomic E-state index is -1.34. The zero-order chi connectivity index (χ0) is 15.6. The van der Waals surface area contributed by atoms with Crippen LogP contribution in [0.15, 0.2) is 36.4 Å². The van der Waals surface area contributed by atoms with Crippen molar-refractivity contribution in [2.75, 3.05) is 17.7 Å². The van der Waals surface area contributed by atoms with Crippen LogP contribution in [0.5, 0.6) is 0 Å². The molecule has 2 rings (SSSR count). The fourth-order valence-corrected chi connectivity index (χ4v) is 2.15. The summed E-state index contributed by atoms with van der Waals surface area (Å²) in [6, 6.07) is 9.51. The van der Waals surface area contributed by atoms with E-state index in [0.717, 1.165) is 17.7 Å². The molecule has 0 saturated heterocycles. The van der Waals surface area contributed by atoms with Gasteiger partial charge in [-0.1, -0.05) is 23.7 Å². The summed E-state index contributed by atoms with van der Waals surface area (Å²) in [5.41, 5.74) is 7.01. The van der Waals surface area contributed by atoms with Crippen LogP contribution in [0.2, 0.25) is 5.02 Å². The number of hydrogen-bond acceptors (Lipinski definition) is 3. The molecule has 0 aliphatic rings. The number of carboxylic acids is 1. The zero-order valence-electron chi connectivity index (χ0n) is 11.3. The van der Waals surface area contributed by atoms with Gasteiger partial charge >= 0.3 is 5.97 Å². The number of nitrogens with zero attached hydrogens (tertiary/aromatic N) is 1. The fourth-order valence-electron chi connectivity index (χ4n) is 2.02. The molecular formula is C15H14ClFN2O2. The third-order valence-corrected chi connectivity index (χ3v) is 3.34. The third-order valence-electron chi connectivity index (χ3n) is 3.09. The molecule has 0 bridgehead atoms. The molecule has 0 atom stereocenters. The number of hydrogen-bond donors (Lipinski definition) is 2. The Morgan fingerprint density at radius 2 is 1.95 bits per heavy atom. The highest BCUT2D eigenvalue weighted by atomic mass is 35.5. The number of halogens is 2. The molecule has 3 N–H and O–H groups in total. The second-order valence-corrected chi connectivity index (χ2v) is 5.11. The Bertz CT molecular complexity index is 674. The molecule has 0 fully saturated rings. The Balaban J connectivity index is 2.27. The topological polar surface area (TPSA) is 66.6 Å².